The minimum atomic E-state index is 0.863. The van der Waals surface area contributed by atoms with E-state index in [1.165, 1.54) is 31.3 Å². The van der Waals surface area contributed by atoms with E-state index < -0.39 is 0 Å². The van der Waals surface area contributed by atoms with Crippen molar-refractivity contribution in [3.05, 3.63) is 176 Å². The topological polar surface area (TPSA) is 29.5 Å². The van der Waals surface area contributed by atoms with Crippen LogP contribution in [0.3, 0.4) is 0 Å². The number of furan rings is 2. The van der Waals surface area contributed by atoms with Crippen LogP contribution in [0, 0.1) is 0 Å². The Kier molecular flexibility index (Phi) is 6.42. The van der Waals surface area contributed by atoms with Gasteiger partial charge in [0.25, 0.3) is 0 Å². The van der Waals surface area contributed by atoms with Gasteiger partial charge >= 0.3 is 0 Å². The molecule has 0 aliphatic rings. The third-order valence-electron chi connectivity index (χ3n) is 10.3. The summed E-state index contributed by atoms with van der Waals surface area (Å²) in [5, 5.41) is 6.99. The van der Waals surface area contributed by atoms with Crippen LogP contribution >= 0.6 is 11.3 Å². The Balaban J connectivity index is 1.16. The second-order valence-electron chi connectivity index (χ2n) is 13.2. The molecule has 0 saturated carbocycles. The molecule has 11 rings (SSSR count). The van der Waals surface area contributed by atoms with Crippen LogP contribution in [0.5, 0.6) is 0 Å². The standard InChI is InChI=1S/C48H29NO2S/c1-2-12-30(13-3-1)35-19-10-21-40-41-22-11-23-42(48(41)52-47(35)40)49(33-26-27-38-36-16-4-6-24-43(36)50-45(38)29-33)32-15-8-14-31(28-32)34-18-9-20-39-37-17-5-7-25-44(37)51-46(34)39/h1-29H. The predicted octanol–water partition coefficient (Wildman–Crippen LogP) is 14.7. The fraction of sp³-hybridized carbons (Fsp3) is 0. The normalized spacial score (nSPS) is 11.8. The number of nitrogens with zero attached hydrogens (tertiary/aromatic N) is 1. The van der Waals surface area contributed by atoms with E-state index in [0.717, 1.165) is 72.1 Å². The van der Waals surface area contributed by atoms with Crippen molar-refractivity contribution in [2.45, 2.75) is 0 Å². The first-order chi connectivity index (χ1) is 25.8. The molecule has 8 aromatic carbocycles. The predicted molar refractivity (Wildman–Crippen MR) is 219 cm³/mol. The van der Waals surface area contributed by atoms with Crippen LogP contribution in [0.15, 0.2) is 185 Å². The smallest absolute Gasteiger partial charge is 0.143 e. The van der Waals surface area contributed by atoms with Crippen LogP contribution in [0.1, 0.15) is 0 Å². The fourth-order valence-corrected chi connectivity index (χ4v) is 9.23. The molecule has 0 bridgehead atoms. The van der Waals surface area contributed by atoms with Crippen molar-refractivity contribution in [2.75, 3.05) is 4.90 Å². The maximum absolute atomic E-state index is 6.50. The summed E-state index contributed by atoms with van der Waals surface area (Å²) in [4.78, 5) is 2.38. The molecule has 0 atom stereocenters. The van der Waals surface area contributed by atoms with Crippen LogP contribution in [0.25, 0.3) is 86.3 Å². The second kappa shape index (κ2) is 11.5. The number of thiophene rings is 1. The van der Waals surface area contributed by atoms with Gasteiger partial charge in [0.1, 0.15) is 22.3 Å². The molecule has 0 unspecified atom stereocenters. The van der Waals surface area contributed by atoms with Crippen molar-refractivity contribution in [2.24, 2.45) is 0 Å². The Morgan fingerprint density at radius 1 is 0.365 bits per heavy atom. The van der Waals surface area contributed by atoms with Crippen molar-refractivity contribution < 1.29 is 8.83 Å². The lowest BCUT2D eigenvalue weighted by Crippen LogP contribution is -2.10. The van der Waals surface area contributed by atoms with Crippen LogP contribution in [0.4, 0.5) is 17.1 Å². The molecule has 0 radical (unpaired) electrons. The van der Waals surface area contributed by atoms with Gasteiger partial charge in [0.15, 0.2) is 0 Å². The molecule has 0 amide bonds. The molecule has 4 heteroatoms. The van der Waals surface area contributed by atoms with Gasteiger partial charge in [0, 0.05) is 60.0 Å². The minimum Gasteiger partial charge on any atom is -0.456 e. The first kappa shape index (κ1) is 29.1. The van der Waals surface area contributed by atoms with Gasteiger partial charge in [-0.15, -0.1) is 11.3 Å². The minimum absolute atomic E-state index is 0.863. The Bertz CT molecular complexity index is 3150. The van der Waals surface area contributed by atoms with Crippen LogP contribution < -0.4 is 4.90 Å². The molecule has 0 aliphatic heterocycles. The third kappa shape index (κ3) is 4.45. The zero-order chi connectivity index (χ0) is 34.2. The lowest BCUT2D eigenvalue weighted by Gasteiger charge is -2.26. The lowest BCUT2D eigenvalue weighted by atomic mass is 10.0. The van der Waals surface area contributed by atoms with E-state index in [0.29, 0.717) is 0 Å². The molecular formula is C48H29NO2S. The van der Waals surface area contributed by atoms with Gasteiger partial charge in [-0.1, -0.05) is 127 Å². The number of benzene rings is 8. The highest BCUT2D eigenvalue weighted by atomic mass is 32.1. The average Bonchev–Trinajstić information content (AvgIpc) is 3.90. The summed E-state index contributed by atoms with van der Waals surface area (Å²) in [7, 11) is 0. The van der Waals surface area contributed by atoms with E-state index in [1.54, 1.807) is 0 Å². The average molecular weight is 684 g/mol. The molecule has 52 heavy (non-hydrogen) atoms. The number of anilines is 3. The molecule has 3 nitrogen and oxygen atoms in total. The van der Waals surface area contributed by atoms with Gasteiger partial charge in [0.05, 0.1) is 10.4 Å². The first-order valence-corrected chi connectivity index (χ1v) is 18.3. The molecule has 0 spiro atoms. The number of para-hydroxylation sites is 3. The maximum atomic E-state index is 6.50. The third-order valence-corrected chi connectivity index (χ3v) is 11.5. The monoisotopic (exact) mass is 683 g/mol. The first-order valence-electron chi connectivity index (χ1n) is 17.5. The quantitative estimate of drug-likeness (QED) is 0.181. The van der Waals surface area contributed by atoms with Gasteiger partial charge < -0.3 is 13.7 Å². The SMILES string of the molecule is c1ccc(-c2cccc3c2sc2c(N(c4cccc(-c5cccc6c5oc5ccccc56)c4)c4ccc5c(c4)oc4ccccc45)cccc23)cc1. The molecule has 0 saturated heterocycles. The maximum Gasteiger partial charge on any atom is 0.143 e. The molecule has 244 valence electrons. The summed E-state index contributed by atoms with van der Waals surface area (Å²) in [6.07, 6.45) is 0. The van der Waals surface area contributed by atoms with Crippen LogP contribution in [0.2, 0.25) is 0 Å². The van der Waals surface area contributed by atoms with Crippen molar-refractivity contribution in [3.63, 3.8) is 0 Å². The molecule has 3 heterocycles. The van der Waals surface area contributed by atoms with E-state index in [1.807, 2.05) is 35.6 Å². The van der Waals surface area contributed by atoms with Crippen molar-refractivity contribution in [3.8, 4) is 22.3 Å². The number of hydrogen-bond donors (Lipinski definition) is 0. The molecular weight excluding hydrogens is 655 g/mol. The zero-order valence-corrected chi connectivity index (χ0v) is 28.7. The Labute approximate surface area is 303 Å². The Morgan fingerprint density at radius 2 is 0.962 bits per heavy atom. The molecule has 0 fully saturated rings. The summed E-state index contributed by atoms with van der Waals surface area (Å²) in [5.74, 6) is 0. The van der Waals surface area contributed by atoms with Crippen LogP contribution in [-0.2, 0) is 0 Å². The van der Waals surface area contributed by atoms with Gasteiger partial charge in [-0.3, -0.25) is 0 Å². The number of fused-ring (bicyclic) bond motifs is 9. The summed E-state index contributed by atoms with van der Waals surface area (Å²) in [6, 6.07) is 62.4. The van der Waals surface area contributed by atoms with E-state index in [2.05, 4.69) is 157 Å². The van der Waals surface area contributed by atoms with Crippen molar-refractivity contribution >= 4 is 92.4 Å². The highest BCUT2D eigenvalue weighted by Crippen LogP contribution is 2.48. The second-order valence-corrected chi connectivity index (χ2v) is 14.3. The molecule has 3 aromatic heterocycles. The number of hydrogen-bond acceptors (Lipinski definition) is 4. The Hall–Kier alpha value is -6.62. The molecule has 11 aromatic rings. The molecule has 0 aliphatic carbocycles. The van der Waals surface area contributed by atoms with Crippen LogP contribution in [-0.4, -0.2) is 0 Å². The highest BCUT2D eigenvalue weighted by Gasteiger charge is 2.22. The lowest BCUT2D eigenvalue weighted by molar-refractivity contribution is 0.669. The van der Waals surface area contributed by atoms with Gasteiger partial charge in [-0.05, 0) is 59.2 Å². The van der Waals surface area contributed by atoms with E-state index in [9.17, 15) is 0 Å². The fourth-order valence-electron chi connectivity index (χ4n) is 7.89. The van der Waals surface area contributed by atoms with E-state index in [4.69, 9.17) is 8.83 Å². The summed E-state index contributed by atoms with van der Waals surface area (Å²) >= 11 is 1.86. The summed E-state index contributed by atoms with van der Waals surface area (Å²) < 4.78 is 15.5. The van der Waals surface area contributed by atoms with Crippen molar-refractivity contribution in [1.29, 1.82) is 0 Å². The van der Waals surface area contributed by atoms with Gasteiger partial charge in [-0.2, -0.15) is 0 Å². The summed E-state index contributed by atoms with van der Waals surface area (Å²) in [6.45, 7) is 0. The largest absolute Gasteiger partial charge is 0.456 e. The van der Waals surface area contributed by atoms with Gasteiger partial charge in [-0.25, -0.2) is 0 Å². The number of rotatable bonds is 5. The molecule has 0 N–H and O–H groups in total. The van der Waals surface area contributed by atoms with Gasteiger partial charge in [0.2, 0.25) is 0 Å². The summed E-state index contributed by atoms with van der Waals surface area (Å²) in [5.41, 5.74) is 11.4. The van der Waals surface area contributed by atoms with Crippen molar-refractivity contribution in [1.82, 2.24) is 0 Å². The Morgan fingerprint density at radius 3 is 1.81 bits per heavy atom. The highest BCUT2D eigenvalue weighted by molar-refractivity contribution is 7.27. The van der Waals surface area contributed by atoms with E-state index >= 15 is 0 Å². The van der Waals surface area contributed by atoms with E-state index in [-0.39, 0.29) is 0 Å². The zero-order valence-electron chi connectivity index (χ0n) is 27.9.